The lowest BCUT2D eigenvalue weighted by molar-refractivity contribution is -0.141. The predicted octanol–water partition coefficient (Wildman–Crippen LogP) is 0.669. The van der Waals surface area contributed by atoms with E-state index in [0.29, 0.717) is 32.7 Å². The Morgan fingerprint density at radius 3 is 2.68 bits per heavy atom. The topological polar surface area (TPSA) is 103 Å². The van der Waals surface area contributed by atoms with Gasteiger partial charge in [-0.25, -0.2) is 4.79 Å². The van der Waals surface area contributed by atoms with Gasteiger partial charge in [-0.15, -0.1) is 0 Å². The molecule has 0 saturated carbocycles. The van der Waals surface area contributed by atoms with E-state index in [9.17, 15) is 9.59 Å². The van der Waals surface area contributed by atoms with Crippen LogP contribution in [-0.2, 0) is 9.53 Å². The van der Waals surface area contributed by atoms with E-state index in [1.807, 2.05) is 6.07 Å². The van der Waals surface area contributed by atoms with Crippen LogP contribution in [0.25, 0.3) is 0 Å². The van der Waals surface area contributed by atoms with Crippen molar-refractivity contribution in [2.45, 2.75) is 19.8 Å². The van der Waals surface area contributed by atoms with E-state index in [4.69, 9.17) is 15.1 Å². The minimum atomic E-state index is -0.880. The van der Waals surface area contributed by atoms with Crippen LogP contribution < -0.4 is 5.32 Å². The van der Waals surface area contributed by atoms with Crippen LogP contribution in [-0.4, -0.2) is 55.4 Å². The Bertz CT molecular complexity index is 327. The van der Waals surface area contributed by atoms with Crippen molar-refractivity contribution in [2.75, 3.05) is 33.4 Å². The fourth-order valence-electron chi connectivity index (χ4n) is 1.33. The number of hydrogen-bond acceptors (Lipinski definition) is 4. The van der Waals surface area contributed by atoms with Crippen molar-refractivity contribution in [2.24, 2.45) is 5.92 Å². The molecule has 2 N–H and O–H groups in total. The molecule has 0 aliphatic carbocycles. The van der Waals surface area contributed by atoms with Crippen molar-refractivity contribution in [3.63, 3.8) is 0 Å². The zero-order valence-corrected chi connectivity index (χ0v) is 11.4. The number of carboxylic acid groups (broad SMARTS) is 1. The number of amides is 2. The molecule has 7 heteroatoms. The largest absolute Gasteiger partial charge is 0.481 e. The van der Waals surface area contributed by atoms with Crippen molar-refractivity contribution in [1.82, 2.24) is 10.2 Å². The third kappa shape index (κ3) is 8.00. The molecule has 0 aliphatic rings. The van der Waals surface area contributed by atoms with Crippen LogP contribution in [0.2, 0.25) is 0 Å². The highest BCUT2D eigenvalue weighted by Gasteiger charge is 2.14. The maximum atomic E-state index is 11.8. The molecule has 0 rings (SSSR count). The number of carbonyl (C=O) groups excluding carboxylic acids is 1. The summed E-state index contributed by atoms with van der Waals surface area (Å²) >= 11 is 0. The highest BCUT2D eigenvalue weighted by Crippen LogP contribution is 2.00. The van der Waals surface area contributed by atoms with Gasteiger partial charge in [0.25, 0.3) is 0 Å². The van der Waals surface area contributed by atoms with Gasteiger partial charge in [0, 0.05) is 26.7 Å². The summed E-state index contributed by atoms with van der Waals surface area (Å²) in [5.41, 5.74) is 0. The Balaban J connectivity index is 4.09. The zero-order chi connectivity index (χ0) is 14.7. The van der Waals surface area contributed by atoms with Gasteiger partial charge in [0.2, 0.25) is 0 Å². The minimum absolute atomic E-state index is 0.253. The summed E-state index contributed by atoms with van der Waals surface area (Å²) in [5.74, 6) is -1.37. The summed E-state index contributed by atoms with van der Waals surface area (Å²) in [6, 6.07) is 1.68. The van der Waals surface area contributed by atoms with Gasteiger partial charge in [0.1, 0.15) is 0 Å². The molecule has 0 heterocycles. The maximum absolute atomic E-state index is 11.8. The van der Waals surface area contributed by atoms with Gasteiger partial charge in [-0.1, -0.05) is 6.92 Å². The van der Waals surface area contributed by atoms with Crippen LogP contribution in [0.5, 0.6) is 0 Å². The minimum Gasteiger partial charge on any atom is -0.481 e. The van der Waals surface area contributed by atoms with Crippen molar-refractivity contribution < 1.29 is 19.4 Å². The molecule has 1 unspecified atom stereocenters. The van der Waals surface area contributed by atoms with Gasteiger partial charge in [-0.3, -0.25) is 4.79 Å². The molecule has 0 fully saturated rings. The number of ether oxygens (including phenoxy) is 1. The van der Waals surface area contributed by atoms with Crippen LogP contribution in [0.3, 0.4) is 0 Å². The molecule has 0 spiro atoms. The van der Waals surface area contributed by atoms with Crippen molar-refractivity contribution in [1.29, 1.82) is 5.26 Å². The molecule has 7 nitrogen and oxygen atoms in total. The molecule has 2 amide bonds. The Labute approximate surface area is 113 Å². The van der Waals surface area contributed by atoms with Crippen molar-refractivity contribution in [3.8, 4) is 6.07 Å². The summed E-state index contributed by atoms with van der Waals surface area (Å²) < 4.78 is 4.89. The SMILES string of the molecule is COCCN(CCC#N)C(=O)NCCC(C)C(=O)O. The van der Waals surface area contributed by atoms with Gasteiger partial charge in [0.05, 0.1) is 25.0 Å². The average molecular weight is 271 g/mol. The average Bonchev–Trinajstić information content (AvgIpc) is 2.38. The highest BCUT2D eigenvalue weighted by molar-refractivity contribution is 5.74. The first-order chi connectivity index (χ1) is 9.02. The predicted molar refractivity (Wildman–Crippen MR) is 68.5 cm³/mol. The lowest BCUT2D eigenvalue weighted by atomic mass is 10.1. The van der Waals surface area contributed by atoms with E-state index in [2.05, 4.69) is 5.32 Å². The van der Waals surface area contributed by atoms with Crippen molar-refractivity contribution >= 4 is 12.0 Å². The first-order valence-corrected chi connectivity index (χ1v) is 6.14. The number of carbonyl (C=O) groups is 2. The van der Waals surface area contributed by atoms with Crippen LogP contribution in [0.1, 0.15) is 19.8 Å². The number of carboxylic acids is 1. The summed E-state index contributed by atoms with van der Waals surface area (Å²) in [6.07, 6.45) is 0.625. The van der Waals surface area contributed by atoms with E-state index >= 15 is 0 Å². The molecule has 0 aromatic heterocycles. The smallest absolute Gasteiger partial charge is 0.317 e. The van der Waals surface area contributed by atoms with Crippen LogP contribution in [0, 0.1) is 17.2 Å². The first-order valence-electron chi connectivity index (χ1n) is 6.14. The number of nitrogens with zero attached hydrogens (tertiary/aromatic N) is 2. The third-order valence-electron chi connectivity index (χ3n) is 2.62. The standard InChI is InChI=1S/C12H21N3O4/c1-10(11(16)17)4-6-14-12(18)15(7-3-5-13)8-9-19-2/h10H,3-4,6-9H2,1-2H3,(H,14,18)(H,16,17). The Morgan fingerprint density at radius 1 is 1.47 bits per heavy atom. The molecule has 0 aliphatic heterocycles. The number of rotatable bonds is 9. The van der Waals surface area contributed by atoms with E-state index in [-0.39, 0.29) is 12.5 Å². The number of nitrogens with one attached hydrogen (secondary N) is 1. The number of nitriles is 1. The number of hydrogen-bond donors (Lipinski definition) is 2. The second kappa shape index (κ2) is 10.1. The van der Waals surface area contributed by atoms with E-state index in [1.165, 1.54) is 12.0 Å². The summed E-state index contributed by atoms with van der Waals surface area (Å²) in [6.45, 7) is 3.01. The lowest BCUT2D eigenvalue weighted by Gasteiger charge is -2.21. The molecule has 108 valence electrons. The van der Waals surface area contributed by atoms with Gasteiger partial charge >= 0.3 is 12.0 Å². The second-order valence-corrected chi connectivity index (χ2v) is 4.15. The molecular weight excluding hydrogens is 250 g/mol. The normalized spacial score (nSPS) is 11.4. The Kier molecular flexibility index (Phi) is 9.18. The highest BCUT2D eigenvalue weighted by atomic mass is 16.5. The summed E-state index contributed by atoms with van der Waals surface area (Å²) in [4.78, 5) is 23.9. The Hall–Kier alpha value is -1.81. The third-order valence-corrected chi connectivity index (χ3v) is 2.62. The summed E-state index contributed by atoms with van der Waals surface area (Å²) in [5, 5.41) is 19.9. The molecule has 0 aromatic rings. The molecule has 1 atom stereocenters. The molecular formula is C12H21N3O4. The van der Waals surface area contributed by atoms with Gasteiger partial charge in [-0.05, 0) is 6.42 Å². The molecule has 0 saturated heterocycles. The van der Waals surface area contributed by atoms with Crippen LogP contribution in [0.4, 0.5) is 4.79 Å². The zero-order valence-electron chi connectivity index (χ0n) is 11.4. The van der Waals surface area contributed by atoms with Gasteiger partial charge in [-0.2, -0.15) is 5.26 Å². The van der Waals surface area contributed by atoms with Gasteiger partial charge < -0.3 is 20.1 Å². The molecule has 0 aromatic carbocycles. The second-order valence-electron chi connectivity index (χ2n) is 4.15. The molecule has 0 radical (unpaired) electrons. The fraction of sp³-hybridized carbons (Fsp3) is 0.750. The van der Waals surface area contributed by atoms with Crippen LogP contribution in [0.15, 0.2) is 0 Å². The van der Waals surface area contributed by atoms with Crippen LogP contribution >= 0.6 is 0 Å². The molecule has 19 heavy (non-hydrogen) atoms. The Morgan fingerprint density at radius 2 is 2.16 bits per heavy atom. The first kappa shape index (κ1) is 17.2. The van der Waals surface area contributed by atoms with E-state index in [0.717, 1.165) is 0 Å². The maximum Gasteiger partial charge on any atom is 0.317 e. The lowest BCUT2D eigenvalue weighted by Crippen LogP contribution is -2.42. The number of methoxy groups -OCH3 is 1. The molecule has 0 bridgehead atoms. The van der Waals surface area contributed by atoms with Gasteiger partial charge in [0.15, 0.2) is 0 Å². The quantitative estimate of drug-likeness (QED) is 0.641. The van der Waals surface area contributed by atoms with Crippen molar-refractivity contribution in [3.05, 3.63) is 0 Å². The number of aliphatic carboxylic acids is 1. The van der Waals surface area contributed by atoms with E-state index < -0.39 is 11.9 Å². The fourth-order valence-corrected chi connectivity index (χ4v) is 1.33. The van der Waals surface area contributed by atoms with E-state index in [1.54, 1.807) is 6.92 Å². The monoisotopic (exact) mass is 271 g/mol. The summed E-state index contributed by atoms with van der Waals surface area (Å²) in [7, 11) is 1.54. The number of urea groups is 1.